The number of esters is 2. The zero-order chi connectivity index (χ0) is 30.9. The van der Waals surface area contributed by atoms with Crippen LogP contribution in [0.15, 0.2) is 18.5 Å². The normalized spacial score (nSPS) is 25.3. The molecule has 1 aliphatic heterocycles. The van der Waals surface area contributed by atoms with E-state index >= 15 is 0 Å². The number of rotatable bonds is 8. The highest BCUT2D eigenvalue weighted by molar-refractivity contribution is 5.88. The van der Waals surface area contributed by atoms with Gasteiger partial charge in [0.15, 0.2) is 5.82 Å². The number of carbonyl (C=O) groups excluding carboxylic acids is 3. The molecular weight excluding hydrogens is 548 g/mol. The molecule has 1 saturated heterocycles. The summed E-state index contributed by atoms with van der Waals surface area (Å²) in [5, 5.41) is 28.6. The zero-order valence-corrected chi connectivity index (χ0v) is 25.1. The van der Waals surface area contributed by atoms with Crippen molar-refractivity contribution in [3.63, 3.8) is 0 Å². The highest BCUT2D eigenvalue weighted by Crippen LogP contribution is 2.42. The van der Waals surface area contributed by atoms with E-state index in [1.165, 1.54) is 17.3 Å². The lowest BCUT2D eigenvalue weighted by Gasteiger charge is -2.35. The maximum absolute atomic E-state index is 13.0. The van der Waals surface area contributed by atoms with E-state index in [4.69, 9.17) is 18.9 Å². The Morgan fingerprint density at radius 1 is 1.05 bits per heavy atom. The van der Waals surface area contributed by atoms with Gasteiger partial charge in [-0.2, -0.15) is 5.10 Å². The van der Waals surface area contributed by atoms with Crippen molar-refractivity contribution in [3.8, 4) is 0 Å². The molecular formula is C29H42N4O9. The van der Waals surface area contributed by atoms with Gasteiger partial charge in [0.25, 0.3) is 0 Å². The molecule has 2 aromatic rings. The van der Waals surface area contributed by atoms with E-state index in [-0.39, 0.29) is 24.3 Å². The number of hydrogen-bond acceptors (Lipinski definition) is 11. The Labute approximate surface area is 244 Å². The van der Waals surface area contributed by atoms with Gasteiger partial charge in [0.2, 0.25) is 6.79 Å². The molecule has 0 bridgehead atoms. The van der Waals surface area contributed by atoms with Crippen molar-refractivity contribution >= 4 is 29.4 Å². The number of carbonyl (C=O) groups is 3. The van der Waals surface area contributed by atoms with Crippen molar-refractivity contribution in [2.45, 2.75) is 97.6 Å². The minimum Gasteiger partial charge on any atom is -0.462 e. The van der Waals surface area contributed by atoms with E-state index in [0.29, 0.717) is 11.2 Å². The van der Waals surface area contributed by atoms with E-state index in [2.05, 4.69) is 15.4 Å². The largest absolute Gasteiger partial charge is 0.462 e. The molecule has 2 aliphatic rings. The molecule has 1 saturated carbocycles. The van der Waals surface area contributed by atoms with Crippen molar-refractivity contribution in [2.24, 2.45) is 16.7 Å². The molecule has 4 atom stereocenters. The molecule has 1 amide bonds. The van der Waals surface area contributed by atoms with Crippen LogP contribution in [0.3, 0.4) is 0 Å². The summed E-state index contributed by atoms with van der Waals surface area (Å²) < 4.78 is 23.1. The number of aromatic nitrogens is 3. The van der Waals surface area contributed by atoms with Gasteiger partial charge in [-0.1, -0.05) is 19.3 Å². The lowest BCUT2D eigenvalue weighted by atomic mass is 9.71. The van der Waals surface area contributed by atoms with Crippen LogP contribution in [-0.2, 0) is 34.1 Å². The molecule has 0 radical (unpaired) electrons. The summed E-state index contributed by atoms with van der Waals surface area (Å²) in [5.41, 5.74) is -2.12. The van der Waals surface area contributed by atoms with Crippen molar-refractivity contribution in [1.29, 1.82) is 0 Å². The summed E-state index contributed by atoms with van der Waals surface area (Å²) in [6, 6.07) is 3.24. The highest BCUT2D eigenvalue weighted by atomic mass is 16.7. The molecule has 42 heavy (non-hydrogen) atoms. The van der Waals surface area contributed by atoms with Crippen molar-refractivity contribution in [2.75, 3.05) is 18.7 Å². The first-order chi connectivity index (χ1) is 19.7. The van der Waals surface area contributed by atoms with E-state index in [0.717, 1.165) is 25.7 Å². The van der Waals surface area contributed by atoms with Gasteiger partial charge in [-0.25, -0.2) is 14.3 Å². The Hall–Kier alpha value is -3.29. The van der Waals surface area contributed by atoms with Crippen LogP contribution in [0.1, 0.15) is 79.3 Å². The first-order valence-electron chi connectivity index (χ1n) is 14.3. The third kappa shape index (κ3) is 6.37. The Morgan fingerprint density at radius 3 is 2.40 bits per heavy atom. The number of anilines is 1. The molecule has 4 rings (SSSR count). The maximum Gasteiger partial charge on any atom is 0.415 e. The van der Waals surface area contributed by atoms with Crippen LogP contribution >= 0.6 is 0 Å². The fraction of sp³-hybridized carbons (Fsp3) is 0.690. The predicted molar refractivity (Wildman–Crippen MR) is 149 cm³/mol. The monoisotopic (exact) mass is 590 g/mol. The lowest BCUT2D eigenvalue weighted by Crippen LogP contribution is -2.40. The fourth-order valence-electron chi connectivity index (χ4n) is 5.55. The van der Waals surface area contributed by atoms with Gasteiger partial charge in [0, 0.05) is 0 Å². The van der Waals surface area contributed by atoms with Crippen molar-refractivity contribution in [3.05, 3.63) is 24.2 Å². The van der Waals surface area contributed by atoms with E-state index in [9.17, 15) is 24.6 Å². The Morgan fingerprint density at radius 2 is 1.74 bits per heavy atom. The van der Waals surface area contributed by atoms with Crippen molar-refractivity contribution < 1.29 is 43.5 Å². The van der Waals surface area contributed by atoms with Gasteiger partial charge in [0.05, 0.1) is 16.5 Å². The quantitative estimate of drug-likeness (QED) is 0.304. The SMILES string of the molecule is CC(C)(C)C(=O)OCOC(=O)Nc1ncnn2c([C@]3(C)O[C@H](COC(=O)C(C)(C)C4CCCCC4)[C@@H](O)[C@H]3O)ccc12. The van der Waals surface area contributed by atoms with Crippen LogP contribution < -0.4 is 5.32 Å². The molecule has 232 valence electrons. The van der Waals surface area contributed by atoms with Gasteiger partial charge in [-0.15, -0.1) is 0 Å². The summed E-state index contributed by atoms with van der Waals surface area (Å²) in [6.45, 7) is 9.61. The molecule has 0 aromatic carbocycles. The number of ether oxygens (including phenoxy) is 4. The van der Waals surface area contributed by atoms with E-state index < -0.39 is 53.6 Å². The van der Waals surface area contributed by atoms with E-state index in [1.807, 2.05) is 13.8 Å². The third-order valence-electron chi connectivity index (χ3n) is 8.37. The molecule has 0 unspecified atom stereocenters. The average Bonchev–Trinajstić information content (AvgIpc) is 3.48. The third-order valence-corrected chi connectivity index (χ3v) is 8.37. The van der Waals surface area contributed by atoms with Crippen LogP contribution in [0.2, 0.25) is 0 Å². The number of nitrogens with zero attached hydrogens (tertiary/aromatic N) is 3. The summed E-state index contributed by atoms with van der Waals surface area (Å²) in [4.78, 5) is 41.3. The van der Waals surface area contributed by atoms with E-state index in [1.54, 1.807) is 39.8 Å². The summed E-state index contributed by atoms with van der Waals surface area (Å²) in [5.74, 6) is -0.558. The molecule has 3 heterocycles. The zero-order valence-electron chi connectivity index (χ0n) is 25.1. The molecule has 13 nitrogen and oxygen atoms in total. The highest BCUT2D eigenvalue weighted by Gasteiger charge is 2.54. The molecule has 13 heteroatoms. The van der Waals surface area contributed by atoms with Gasteiger partial charge < -0.3 is 29.2 Å². The van der Waals surface area contributed by atoms with Crippen molar-refractivity contribution in [1.82, 2.24) is 14.6 Å². The first-order valence-corrected chi connectivity index (χ1v) is 14.3. The second-order valence-corrected chi connectivity index (χ2v) is 12.8. The Kier molecular flexibility index (Phi) is 9.14. The fourth-order valence-corrected chi connectivity index (χ4v) is 5.55. The van der Waals surface area contributed by atoms with Crippen LogP contribution in [0.4, 0.5) is 10.6 Å². The van der Waals surface area contributed by atoms with Gasteiger partial charge in [-0.3, -0.25) is 14.9 Å². The van der Waals surface area contributed by atoms with Crippen LogP contribution in [0.25, 0.3) is 5.52 Å². The summed E-state index contributed by atoms with van der Waals surface area (Å²) in [7, 11) is 0. The number of hydrogen-bond donors (Lipinski definition) is 3. The van der Waals surface area contributed by atoms with Gasteiger partial charge >= 0.3 is 18.0 Å². The van der Waals surface area contributed by atoms with Crippen LogP contribution in [0, 0.1) is 16.7 Å². The molecule has 1 aliphatic carbocycles. The van der Waals surface area contributed by atoms with Crippen LogP contribution in [-0.4, -0.2) is 74.6 Å². The minimum absolute atomic E-state index is 0.0930. The van der Waals surface area contributed by atoms with Gasteiger partial charge in [0.1, 0.15) is 42.4 Å². The Balaban J connectivity index is 1.43. The molecule has 2 aromatic heterocycles. The lowest BCUT2D eigenvalue weighted by molar-refractivity contribution is -0.165. The summed E-state index contributed by atoms with van der Waals surface area (Å²) >= 11 is 0. The topological polar surface area (TPSA) is 171 Å². The average molecular weight is 591 g/mol. The molecule has 0 spiro atoms. The van der Waals surface area contributed by atoms with Crippen LogP contribution in [0.5, 0.6) is 0 Å². The second kappa shape index (κ2) is 12.1. The summed E-state index contributed by atoms with van der Waals surface area (Å²) in [6.07, 6.45) is 1.91. The number of fused-ring (bicyclic) bond motifs is 1. The maximum atomic E-state index is 13.0. The predicted octanol–water partition coefficient (Wildman–Crippen LogP) is 3.31. The minimum atomic E-state index is -1.44. The Bertz CT molecular complexity index is 1300. The number of amides is 1. The molecule has 3 N–H and O–H groups in total. The van der Waals surface area contributed by atoms with Gasteiger partial charge in [-0.05, 0) is 72.4 Å². The number of nitrogens with one attached hydrogen (secondary N) is 1. The number of aliphatic hydroxyl groups is 2. The second-order valence-electron chi connectivity index (χ2n) is 12.8. The first kappa shape index (κ1) is 31.6. The smallest absolute Gasteiger partial charge is 0.415 e. The standard InChI is InChI=1S/C29H42N4O9/c1-27(2,3)24(36)40-16-41-26(38)32-23-18-12-13-20(33(18)31-15-30-23)29(6)22(35)21(34)19(42-29)14-39-25(37)28(4,5)17-10-8-7-9-11-17/h12-13,15,17,19,21-22,34-35H,7-11,14,16H2,1-6H3,(H,30,31,32,38)/t19-,21-,22-,29+/m1/s1. The molecule has 2 fully saturated rings. The number of aliphatic hydroxyl groups excluding tert-OH is 2.